The average molecular weight is 226 g/mol. The first-order valence-corrected chi connectivity index (χ1v) is 4.38. The van der Waals surface area contributed by atoms with Gasteiger partial charge in [0.1, 0.15) is 6.10 Å². The molecule has 0 spiro atoms. The molecule has 1 rings (SSSR count). The van der Waals surface area contributed by atoms with Gasteiger partial charge >= 0.3 is 5.97 Å². The van der Waals surface area contributed by atoms with Gasteiger partial charge in [0.25, 0.3) is 0 Å². The quantitative estimate of drug-likeness (QED) is 0.479. The van der Waals surface area contributed by atoms with Gasteiger partial charge in [-0.2, -0.15) is 0 Å². The normalized spacial score (nSPS) is 13.8. The number of carbonyl (C=O) groups is 1. The summed E-state index contributed by atoms with van der Waals surface area (Å²) in [5, 5.41) is 27.6. The van der Waals surface area contributed by atoms with Crippen LogP contribution < -0.4 is 5.43 Å². The van der Waals surface area contributed by atoms with E-state index in [2.05, 4.69) is 0 Å². The zero-order chi connectivity index (χ0) is 12.1. The number of carboxylic acid groups (broad SMARTS) is 1. The van der Waals surface area contributed by atoms with E-state index >= 15 is 0 Å². The number of aliphatic carboxylic acids is 1. The molecule has 0 heterocycles. The van der Waals surface area contributed by atoms with E-state index in [4.69, 9.17) is 5.11 Å². The number of hydrazine groups is 1. The van der Waals surface area contributed by atoms with Crippen molar-refractivity contribution in [3.63, 3.8) is 0 Å². The molecule has 3 N–H and O–H groups in total. The van der Waals surface area contributed by atoms with E-state index < -0.39 is 23.1 Å². The molecule has 0 bridgehead atoms. The van der Waals surface area contributed by atoms with Gasteiger partial charge in [0.2, 0.25) is 6.04 Å². The minimum absolute atomic E-state index is 0.296. The molecular weight excluding hydrogens is 216 g/mol. The van der Waals surface area contributed by atoms with Gasteiger partial charge in [-0.15, -0.1) is 5.43 Å². The molecule has 7 nitrogen and oxygen atoms in total. The Balaban J connectivity index is 2.87. The molecule has 1 aromatic rings. The summed E-state index contributed by atoms with van der Waals surface area (Å²) in [6.07, 6.45) is -1.48. The highest BCUT2D eigenvalue weighted by Gasteiger charge is 2.31. The fraction of sp³-hybridized carbons (Fsp3) is 0.222. The predicted molar refractivity (Wildman–Crippen MR) is 53.0 cm³/mol. The number of nitrogens with zero attached hydrogens (tertiary/aromatic N) is 1. The lowest BCUT2D eigenvalue weighted by molar-refractivity contribution is -0.550. The van der Waals surface area contributed by atoms with Gasteiger partial charge in [0, 0.05) is 0 Å². The van der Waals surface area contributed by atoms with Crippen LogP contribution in [0.4, 0.5) is 0 Å². The van der Waals surface area contributed by atoms with E-state index in [0.29, 0.717) is 5.56 Å². The number of rotatable bonds is 5. The van der Waals surface area contributed by atoms with Gasteiger partial charge in [0.15, 0.2) is 5.03 Å². The topological polar surface area (TPSA) is 113 Å². The van der Waals surface area contributed by atoms with E-state index in [-0.39, 0.29) is 0 Å². The maximum absolute atomic E-state index is 10.7. The lowest BCUT2D eigenvalue weighted by Gasteiger charge is -2.16. The molecule has 0 saturated carbocycles. The Morgan fingerprint density at radius 1 is 1.38 bits per heavy atom. The molecule has 0 fully saturated rings. The summed E-state index contributed by atoms with van der Waals surface area (Å²) >= 11 is 0. The van der Waals surface area contributed by atoms with Crippen molar-refractivity contribution in [2.75, 3.05) is 0 Å². The summed E-state index contributed by atoms with van der Waals surface area (Å²) in [7, 11) is 0. The van der Waals surface area contributed by atoms with Crippen LogP contribution in [0, 0.1) is 10.1 Å². The second kappa shape index (κ2) is 5.08. The highest BCUT2D eigenvalue weighted by atomic mass is 16.7. The van der Waals surface area contributed by atoms with Crippen molar-refractivity contribution in [3.8, 4) is 0 Å². The minimum Gasteiger partial charge on any atom is -0.479 e. The highest BCUT2D eigenvalue weighted by Crippen LogP contribution is 2.16. The minimum atomic E-state index is -1.68. The summed E-state index contributed by atoms with van der Waals surface area (Å²) < 4.78 is 0. The van der Waals surface area contributed by atoms with Crippen LogP contribution in [0.15, 0.2) is 30.3 Å². The fourth-order valence-corrected chi connectivity index (χ4v) is 1.22. The molecule has 86 valence electrons. The second-order valence-electron chi connectivity index (χ2n) is 3.06. The third-order valence-electron chi connectivity index (χ3n) is 1.97. The Hall–Kier alpha value is -2.15. The van der Waals surface area contributed by atoms with Crippen molar-refractivity contribution in [1.82, 2.24) is 5.43 Å². The molecule has 0 saturated heterocycles. The number of aliphatic hydroxyl groups is 1. The largest absolute Gasteiger partial charge is 0.479 e. The Kier molecular flexibility index (Phi) is 3.78. The summed E-state index contributed by atoms with van der Waals surface area (Å²) in [5.41, 5.74) is 1.85. The Bertz CT molecular complexity index is 381. The monoisotopic (exact) mass is 226 g/mol. The summed E-state index contributed by atoms with van der Waals surface area (Å²) in [6.45, 7) is 0. The van der Waals surface area contributed by atoms with Crippen molar-refractivity contribution < 1.29 is 20.0 Å². The second-order valence-corrected chi connectivity index (χ2v) is 3.06. The van der Waals surface area contributed by atoms with Crippen LogP contribution in [-0.4, -0.2) is 27.3 Å². The van der Waals surface area contributed by atoms with Gasteiger partial charge in [-0.25, -0.2) is 14.9 Å². The van der Waals surface area contributed by atoms with Crippen LogP contribution >= 0.6 is 0 Å². The fourth-order valence-electron chi connectivity index (χ4n) is 1.22. The molecule has 1 aromatic carbocycles. The molecular formula is C9H10N2O5. The standard InChI is InChI=1S/C9H10N2O5/c12-8(6-4-2-1-3-5-6)7(9(13)14)10-11(15)16/h1-5,7-8,10,12H,(H,13,14)/t7-,8?/m0/s1. The molecule has 1 unspecified atom stereocenters. The summed E-state index contributed by atoms with van der Waals surface area (Å²) in [5.74, 6) is -1.49. The van der Waals surface area contributed by atoms with Crippen molar-refractivity contribution >= 4 is 5.97 Å². The Morgan fingerprint density at radius 2 is 1.94 bits per heavy atom. The Labute approximate surface area is 90.4 Å². The molecule has 0 aromatic heterocycles. The number of aliphatic hydroxyl groups excluding tert-OH is 1. The average Bonchev–Trinajstić information content (AvgIpc) is 2.25. The van der Waals surface area contributed by atoms with Gasteiger partial charge in [-0.1, -0.05) is 30.3 Å². The molecule has 0 radical (unpaired) electrons. The van der Waals surface area contributed by atoms with Crippen LogP contribution in [0.25, 0.3) is 0 Å². The zero-order valence-electron chi connectivity index (χ0n) is 8.11. The smallest absolute Gasteiger partial charge is 0.335 e. The highest BCUT2D eigenvalue weighted by molar-refractivity contribution is 5.74. The van der Waals surface area contributed by atoms with Crippen molar-refractivity contribution in [2.45, 2.75) is 12.1 Å². The molecule has 0 aliphatic heterocycles. The SMILES string of the molecule is O=C(O)[C@@H](N[N+](=O)[O-])C(O)c1ccccc1. The first-order valence-electron chi connectivity index (χ1n) is 4.38. The van der Waals surface area contributed by atoms with Gasteiger partial charge in [-0.05, 0) is 5.56 Å². The maximum Gasteiger partial charge on any atom is 0.335 e. The van der Waals surface area contributed by atoms with Crippen LogP contribution in [0.3, 0.4) is 0 Å². The van der Waals surface area contributed by atoms with Crippen molar-refractivity contribution in [3.05, 3.63) is 46.0 Å². The van der Waals surface area contributed by atoms with Gasteiger partial charge in [0.05, 0.1) is 0 Å². The molecule has 2 atom stereocenters. The maximum atomic E-state index is 10.7. The first kappa shape index (κ1) is 11.9. The molecule has 7 heteroatoms. The van der Waals surface area contributed by atoms with Gasteiger partial charge < -0.3 is 10.2 Å². The van der Waals surface area contributed by atoms with Crippen molar-refractivity contribution in [1.29, 1.82) is 0 Å². The zero-order valence-corrected chi connectivity index (χ0v) is 8.11. The summed E-state index contributed by atoms with van der Waals surface area (Å²) in [6, 6.07) is 6.18. The lowest BCUT2D eigenvalue weighted by Crippen LogP contribution is -2.44. The number of carboxylic acids is 1. The number of nitro groups is 1. The number of hydrogen-bond acceptors (Lipinski definition) is 4. The van der Waals surface area contributed by atoms with Gasteiger partial charge in [-0.3, -0.25) is 0 Å². The third-order valence-corrected chi connectivity index (χ3v) is 1.97. The molecule has 0 amide bonds. The van der Waals surface area contributed by atoms with Crippen LogP contribution in [0.2, 0.25) is 0 Å². The van der Waals surface area contributed by atoms with E-state index in [1.807, 2.05) is 0 Å². The third kappa shape index (κ3) is 2.92. The van der Waals surface area contributed by atoms with Crippen LogP contribution in [-0.2, 0) is 4.79 Å². The number of nitrogens with one attached hydrogen (secondary N) is 1. The molecule has 0 aliphatic carbocycles. The number of hydrogen-bond donors (Lipinski definition) is 3. The van der Waals surface area contributed by atoms with Crippen LogP contribution in [0.1, 0.15) is 11.7 Å². The number of benzene rings is 1. The van der Waals surface area contributed by atoms with E-state index in [9.17, 15) is 20.0 Å². The first-order chi connectivity index (χ1) is 7.52. The summed E-state index contributed by atoms with van der Waals surface area (Å²) in [4.78, 5) is 20.9. The van der Waals surface area contributed by atoms with E-state index in [1.54, 1.807) is 23.6 Å². The lowest BCUT2D eigenvalue weighted by atomic mass is 10.0. The van der Waals surface area contributed by atoms with Crippen molar-refractivity contribution in [2.24, 2.45) is 0 Å². The Morgan fingerprint density at radius 3 is 2.38 bits per heavy atom. The van der Waals surface area contributed by atoms with Crippen LogP contribution in [0.5, 0.6) is 0 Å². The van der Waals surface area contributed by atoms with E-state index in [0.717, 1.165) is 0 Å². The molecule has 16 heavy (non-hydrogen) atoms. The predicted octanol–water partition coefficient (Wildman–Crippen LogP) is -0.0455. The molecule has 0 aliphatic rings. The van der Waals surface area contributed by atoms with E-state index in [1.165, 1.54) is 12.1 Å².